The van der Waals surface area contributed by atoms with Crippen LogP contribution >= 0.6 is 11.8 Å². The number of nitrogens with one attached hydrogen (secondary N) is 1. The third-order valence-corrected chi connectivity index (χ3v) is 4.64. The molecule has 25 heavy (non-hydrogen) atoms. The molecule has 1 atom stereocenters. The van der Waals surface area contributed by atoms with Gasteiger partial charge in [0.2, 0.25) is 5.91 Å². The summed E-state index contributed by atoms with van der Waals surface area (Å²) in [4.78, 5) is 24.6. The van der Waals surface area contributed by atoms with Crippen LogP contribution in [0.25, 0.3) is 0 Å². The fourth-order valence-electron chi connectivity index (χ4n) is 2.30. The van der Waals surface area contributed by atoms with E-state index in [4.69, 9.17) is 9.47 Å². The number of carbonyl (C=O) groups excluding carboxylic acids is 2. The number of hydrogen-bond acceptors (Lipinski definition) is 5. The van der Waals surface area contributed by atoms with Crippen LogP contribution in [0.4, 0.5) is 5.69 Å². The van der Waals surface area contributed by atoms with Gasteiger partial charge in [-0.3, -0.25) is 9.59 Å². The van der Waals surface area contributed by atoms with Crippen LogP contribution < -0.4 is 14.8 Å². The Balaban J connectivity index is 2.08. The highest BCUT2D eigenvalue weighted by molar-refractivity contribution is 8.00. The minimum atomic E-state index is -0.260. The third-order valence-electron chi connectivity index (χ3n) is 3.52. The van der Waals surface area contributed by atoms with Crippen LogP contribution in [0.1, 0.15) is 24.2 Å². The maximum absolute atomic E-state index is 12.7. The summed E-state index contributed by atoms with van der Waals surface area (Å²) < 4.78 is 10.4. The van der Waals surface area contributed by atoms with Crippen molar-refractivity contribution in [1.29, 1.82) is 0 Å². The molecular formula is C19H21NO4S. The van der Waals surface area contributed by atoms with Gasteiger partial charge < -0.3 is 14.8 Å². The van der Waals surface area contributed by atoms with Gasteiger partial charge in [0, 0.05) is 23.1 Å². The molecule has 2 rings (SSSR count). The molecule has 0 aromatic heterocycles. The monoisotopic (exact) mass is 359 g/mol. The van der Waals surface area contributed by atoms with Crippen molar-refractivity contribution in [2.24, 2.45) is 0 Å². The quantitative estimate of drug-likeness (QED) is 0.597. The van der Waals surface area contributed by atoms with Crippen molar-refractivity contribution < 1.29 is 19.1 Å². The molecule has 0 aliphatic carbocycles. The summed E-state index contributed by atoms with van der Waals surface area (Å²) in [5.41, 5.74) is 1.31. The molecule has 0 radical (unpaired) electrons. The van der Waals surface area contributed by atoms with E-state index in [1.807, 2.05) is 31.2 Å². The molecule has 5 nitrogen and oxygen atoms in total. The molecule has 0 bridgehead atoms. The van der Waals surface area contributed by atoms with Crippen molar-refractivity contribution in [2.75, 3.05) is 19.5 Å². The second-order valence-corrected chi connectivity index (χ2v) is 6.81. The van der Waals surface area contributed by atoms with E-state index in [1.165, 1.54) is 18.7 Å². The van der Waals surface area contributed by atoms with Crippen LogP contribution in [0.15, 0.2) is 47.4 Å². The van der Waals surface area contributed by atoms with Crippen LogP contribution in [-0.4, -0.2) is 31.2 Å². The van der Waals surface area contributed by atoms with E-state index in [2.05, 4.69) is 5.32 Å². The number of amides is 1. The normalized spacial score (nSPS) is 11.5. The average Bonchev–Trinajstić information content (AvgIpc) is 2.61. The number of rotatable bonds is 7. The van der Waals surface area contributed by atoms with Gasteiger partial charge in [0.05, 0.1) is 19.5 Å². The standard InChI is InChI=1S/C19H21NO4S/c1-12(25-16-8-6-15(7-9-16)20-13(2)21)19(22)14-5-10-17(23-3)18(11-14)24-4/h5-12H,1-4H3,(H,20,21). The molecule has 1 amide bonds. The molecule has 2 aromatic carbocycles. The maximum Gasteiger partial charge on any atom is 0.221 e. The highest BCUT2D eigenvalue weighted by atomic mass is 32.2. The average molecular weight is 359 g/mol. The molecule has 0 heterocycles. The highest BCUT2D eigenvalue weighted by Crippen LogP contribution is 2.31. The lowest BCUT2D eigenvalue weighted by molar-refractivity contribution is -0.114. The first-order valence-corrected chi connectivity index (χ1v) is 8.63. The molecule has 132 valence electrons. The van der Waals surface area contributed by atoms with Crippen molar-refractivity contribution in [2.45, 2.75) is 24.0 Å². The summed E-state index contributed by atoms with van der Waals surface area (Å²) in [6.07, 6.45) is 0. The number of ketones is 1. The number of Topliss-reactive ketones (excluding diaryl/α,β-unsaturated/α-hetero) is 1. The summed E-state index contributed by atoms with van der Waals surface area (Å²) in [6.45, 7) is 3.33. The minimum Gasteiger partial charge on any atom is -0.493 e. The SMILES string of the molecule is COc1ccc(C(=O)C(C)Sc2ccc(NC(C)=O)cc2)cc1OC. The van der Waals surface area contributed by atoms with Gasteiger partial charge in [-0.25, -0.2) is 0 Å². The van der Waals surface area contributed by atoms with Gasteiger partial charge in [-0.15, -0.1) is 11.8 Å². The predicted molar refractivity (Wildman–Crippen MR) is 99.9 cm³/mol. The van der Waals surface area contributed by atoms with Gasteiger partial charge in [0.15, 0.2) is 17.3 Å². The Hall–Kier alpha value is -2.47. The van der Waals surface area contributed by atoms with Gasteiger partial charge >= 0.3 is 0 Å². The maximum atomic E-state index is 12.7. The van der Waals surface area contributed by atoms with Gasteiger partial charge in [-0.2, -0.15) is 0 Å². The van der Waals surface area contributed by atoms with Gasteiger partial charge in [-0.1, -0.05) is 0 Å². The Bertz CT molecular complexity index is 759. The topological polar surface area (TPSA) is 64.6 Å². The van der Waals surface area contributed by atoms with Crippen LogP contribution in [0.5, 0.6) is 11.5 Å². The number of benzene rings is 2. The number of methoxy groups -OCH3 is 2. The fourth-order valence-corrected chi connectivity index (χ4v) is 3.25. The summed E-state index contributed by atoms with van der Waals surface area (Å²) in [5.74, 6) is 1.02. The largest absolute Gasteiger partial charge is 0.493 e. The smallest absolute Gasteiger partial charge is 0.221 e. The molecule has 2 aromatic rings. The fraction of sp³-hybridized carbons (Fsp3) is 0.263. The molecule has 0 saturated carbocycles. The molecule has 1 unspecified atom stereocenters. The summed E-state index contributed by atoms with van der Waals surface area (Å²) in [7, 11) is 3.10. The zero-order valence-corrected chi connectivity index (χ0v) is 15.5. The van der Waals surface area contributed by atoms with E-state index in [9.17, 15) is 9.59 Å². The van der Waals surface area contributed by atoms with E-state index < -0.39 is 0 Å². The Morgan fingerprint density at radius 3 is 2.20 bits per heavy atom. The molecular weight excluding hydrogens is 338 g/mol. The Morgan fingerprint density at radius 1 is 1.00 bits per heavy atom. The number of anilines is 1. The molecule has 0 aliphatic heterocycles. The first-order chi connectivity index (χ1) is 11.9. The van der Waals surface area contributed by atoms with Crippen LogP contribution in [-0.2, 0) is 4.79 Å². The van der Waals surface area contributed by atoms with Crippen LogP contribution in [0, 0.1) is 0 Å². The molecule has 0 saturated heterocycles. The molecule has 1 N–H and O–H groups in total. The van der Waals surface area contributed by atoms with Crippen molar-refractivity contribution in [3.8, 4) is 11.5 Å². The molecule has 0 fully saturated rings. The highest BCUT2D eigenvalue weighted by Gasteiger charge is 2.18. The lowest BCUT2D eigenvalue weighted by Crippen LogP contribution is -2.13. The Morgan fingerprint density at radius 2 is 1.64 bits per heavy atom. The van der Waals surface area contributed by atoms with E-state index in [0.29, 0.717) is 17.1 Å². The lowest BCUT2D eigenvalue weighted by atomic mass is 10.1. The first kappa shape index (κ1) is 18.9. The van der Waals surface area contributed by atoms with E-state index in [0.717, 1.165) is 10.6 Å². The minimum absolute atomic E-state index is 0.0110. The molecule has 6 heteroatoms. The lowest BCUT2D eigenvalue weighted by Gasteiger charge is -2.13. The third kappa shape index (κ3) is 5.00. The second-order valence-electron chi connectivity index (χ2n) is 5.40. The number of thioether (sulfide) groups is 1. The van der Waals surface area contributed by atoms with E-state index >= 15 is 0 Å². The summed E-state index contributed by atoms with van der Waals surface area (Å²) in [6, 6.07) is 12.6. The van der Waals surface area contributed by atoms with Crippen molar-refractivity contribution in [3.63, 3.8) is 0 Å². The van der Waals surface area contributed by atoms with E-state index in [-0.39, 0.29) is 16.9 Å². The van der Waals surface area contributed by atoms with Gasteiger partial charge in [-0.05, 0) is 49.4 Å². The summed E-state index contributed by atoms with van der Waals surface area (Å²) in [5, 5.41) is 2.46. The van der Waals surface area contributed by atoms with Crippen molar-refractivity contribution in [1.82, 2.24) is 0 Å². The zero-order valence-electron chi connectivity index (χ0n) is 14.7. The van der Waals surface area contributed by atoms with Gasteiger partial charge in [0.1, 0.15) is 0 Å². The first-order valence-electron chi connectivity index (χ1n) is 7.75. The number of ether oxygens (including phenoxy) is 2. The number of carbonyl (C=O) groups is 2. The second kappa shape index (κ2) is 8.58. The van der Waals surface area contributed by atoms with E-state index in [1.54, 1.807) is 32.4 Å². The number of hydrogen-bond donors (Lipinski definition) is 1. The zero-order chi connectivity index (χ0) is 18.4. The Kier molecular flexibility index (Phi) is 6.47. The predicted octanol–water partition coefficient (Wildman–Crippen LogP) is 4.03. The van der Waals surface area contributed by atoms with Crippen molar-refractivity contribution >= 4 is 29.1 Å². The Labute approximate surface area is 151 Å². The van der Waals surface area contributed by atoms with Gasteiger partial charge in [0.25, 0.3) is 0 Å². The van der Waals surface area contributed by atoms with Crippen molar-refractivity contribution in [3.05, 3.63) is 48.0 Å². The molecule has 0 spiro atoms. The van der Waals surface area contributed by atoms with Crippen LogP contribution in [0.2, 0.25) is 0 Å². The van der Waals surface area contributed by atoms with Crippen LogP contribution in [0.3, 0.4) is 0 Å². The molecule has 0 aliphatic rings. The summed E-state index contributed by atoms with van der Waals surface area (Å²) >= 11 is 1.46.